The van der Waals surface area contributed by atoms with Crippen LogP contribution in [0.2, 0.25) is 0 Å². The summed E-state index contributed by atoms with van der Waals surface area (Å²) >= 11 is 0. The summed E-state index contributed by atoms with van der Waals surface area (Å²) in [6, 6.07) is 17.6. The van der Waals surface area contributed by atoms with Gasteiger partial charge in [-0.05, 0) is 18.1 Å². The second-order valence-corrected chi connectivity index (χ2v) is 5.67. The van der Waals surface area contributed by atoms with E-state index in [9.17, 15) is 4.79 Å². The molecule has 1 aliphatic rings. The highest BCUT2D eigenvalue weighted by Crippen LogP contribution is 2.27. The molecule has 2 amide bonds. The third kappa shape index (κ3) is 2.76. The van der Waals surface area contributed by atoms with Crippen molar-refractivity contribution in [1.82, 2.24) is 10.3 Å². The predicted molar refractivity (Wildman–Crippen MR) is 91.7 cm³/mol. The van der Waals surface area contributed by atoms with Crippen molar-refractivity contribution < 1.29 is 9.21 Å². The largest absolute Gasteiger partial charge is 0.439 e. The zero-order chi connectivity index (χ0) is 16.4. The number of nitrogens with one attached hydrogen (secondary N) is 1. The number of carbonyl (C=O) groups excluding carboxylic acids is 1. The van der Waals surface area contributed by atoms with Gasteiger partial charge in [0, 0.05) is 17.8 Å². The highest BCUT2D eigenvalue weighted by Gasteiger charge is 2.24. The summed E-state index contributed by atoms with van der Waals surface area (Å²) in [5.41, 5.74) is 3.15. The standard InChI is InChI=1S/C19H17N3O2/c23-19(22-11-10-14-6-4-5-9-16(14)22)21-13-18-20-12-17(24-18)15-7-2-1-3-8-15/h1-9,12H,10-11,13H2,(H,21,23). The lowest BCUT2D eigenvalue weighted by molar-refractivity contribution is 0.245. The average molecular weight is 319 g/mol. The van der Waals surface area contributed by atoms with Gasteiger partial charge < -0.3 is 9.73 Å². The van der Waals surface area contributed by atoms with Gasteiger partial charge in [-0.3, -0.25) is 4.90 Å². The normalized spacial score (nSPS) is 12.9. The van der Waals surface area contributed by atoms with E-state index in [1.807, 2.05) is 48.5 Å². The number of benzene rings is 2. The Morgan fingerprint density at radius 2 is 1.92 bits per heavy atom. The van der Waals surface area contributed by atoms with Crippen LogP contribution in [-0.2, 0) is 13.0 Å². The van der Waals surface area contributed by atoms with Crippen LogP contribution < -0.4 is 10.2 Å². The molecule has 0 bridgehead atoms. The van der Waals surface area contributed by atoms with E-state index < -0.39 is 0 Å². The van der Waals surface area contributed by atoms with Crippen LogP contribution in [0, 0.1) is 0 Å². The van der Waals surface area contributed by atoms with Crippen molar-refractivity contribution in [3.63, 3.8) is 0 Å². The highest BCUT2D eigenvalue weighted by atomic mass is 16.4. The summed E-state index contributed by atoms with van der Waals surface area (Å²) < 4.78 is 5.71. The molecule has 5 nitrogen and oxygen atoms in total. The maximum atomic E-state index is 12.4. The van der Waals surface area contributed by atoms with Crippen molar-refractivity contribution in [2.45, 2.75) is 13.0 Å². The van der Waals surface area contributed by atoms with Crippen molar-refractivity contribution in [2.75, 3.05) is 11.4 Å². The zero-order valence-corrected chi connectivity index (χ0v) is 13.1. The molecule has 0 aliphatic carbocycles. The number of oxazole rings is 1. The van der Waals surface area contributed by atoms with E-state index in [1.54, 1.807) is 11.1 Å². The monoisotopic (exact) mass is 319 g/mol. The Hall–Kier alpha value is -3.08. The Balaban J connectivity index is 1.41. The second-order valence-electron chi connectivity index (χ2n) is 5.67. The number of urea groups is 1. The first-order chi connectivity index (χ1) is 11.8. The summed E-state index contributed by atoms with van der Waals surface area (Å²) in [4.78, 5) is 18.4. The summed E-state index contributed by atoms with van der Waals surface area (Å²) in [5, 5.41) is 2.88. The van der Waals surface area contributed by atoms with Gasteiger partial charge in [-0.15, -0.1) is 0 Å². The molecule has 0 saturated heterocycles. The summed E-state index contributed by atoms with van der Waals surface area (Å²) in [6.07, 6.45) is 2.57. The SMILES string of the molecule is O=C(NCc1ncc(-c2ccccc2)o1)N1CCc2ccccc21. The van der Waals surface area contributed by atoms with Gasteiger partial charge in [0.25, 0.3) is 0 Å². The molecule has 4 rings (SSSR count). The van der Waals surface area contributed by atoms with E-state index in [0.717, 1.165) is 17.7 Å². The van der Waals surface area contributed by atoms with Gasteiger partial charge in [0.15, 0.2) is 5.76 Å². The van der Waals surface area contributed by atoms with Crippen LogP contribution >= 0.6 is 0 Å². The van der Waals surface area contributed by atoms with Crippen LogP contribution in [0.3, 0.4) is 0 Å². The van der Waals surface area contributed by atoms with Crippen molar-refractivity contribution in [2.24, 2.45) is 0 Å². The molecule has 5 heteroatoms. The van der Waals surface area contributed by atoms with E-state index in [4.69, 9.17) is 4.42 Å². The Morgan fingerprint density at radius 3 is 2.79 bits per heavy atom. The van der Waals surface area contributed by atoms with Gasteiger partial charge >= 0.3 is 6.03 Å². The average Bonchev–Trinajstić information content (AvgIpc) is 3.27. The number of hydrogen-bond donors (Lipinski definition) is 1. The molecule has 2 heterocycles. The van der Waals surface area contributed by atoms with Gasteiger partial charge in [0.1, 0.15) is 0 Å². The van der Waals surface area contributed by atoms with Crippen LogP contribution in [0.4, 0.5) is 10.5 Å². The highest BCUT2D eigenvalue weighted by molar-refractivity contribution is 5.94. The number of rotatable bonds is 3. The topological polar surface area (TPSA) is 58.4 Å². The molecule has 1 aliphatic heterocycles. The number of fused-ring (bicyclic) bond motifs is 1. The van der Waals surface area contributed by atoms with Gasteiger partial charge in [0.05, 0.1) is 12.7 Å². The second kappa shape index (κ2) is 6.20. The maximum absolute atomic E-state index is 12.4. The fraction of sp³-hybridized carbons (Fsp3) is 0.158. The molecule has 3 aromatic rings. The first-order valence-corrected chi connectivity index (χ1v) is 7.94. The quantitative estimate of drug-likeness (QED) is 0.802. The molecular weight excluding hydrogens is 302 g/mol. The van der Waals surface area contributed by atoms with Crippen molar-refractivity contribution >= 4 is 11.7 Å². The van der Waals surface area contributed by atoms with Crippen LogP contribution in [0.5, 0.6) is 0 Å². The zero-order valence-electron chi connectivity index (χ0n) is 13.1. The van der Waals surface area contributed by atoms with E-state index in [-0.39, 0.29) is 12.6 Å². The molecule has 1 N–H and O–H groups in total. The van der Waals surface area contributed by atoms with Crippen molar-refractivity contribution in [3.8, 4) is 11.3 Å². The lowest BCUT2D eigenvalue weighted by Crippen LogP contribution is -2.38. The van der Waals surface area contributed by atoms with Gasteiger partial charge in [-0.25, -0.2) is 9.78 Å². The lowest BCUT2D eigenvalue weighted by Gasteiger charge is -2.17. The number of hydrogen-bond acceptors (Lipinski definition) is 3. The molecule has 0 unspecified atom stereocenters. The summed E-state index contributed by atoms with van der Waals surface area (Å²) in [5.74, 6) is 1.20. The molecule has 120 valence electrons. The number of amides is 2. The fourth-order valence-electron chi connectivity index (χ4n) is 2.92. The molecule has 2 aromatic carbocycles. The molecule has 0 spiro atoms. The Bertz CT molecular complexity index is 858. The van der Waals surface area contributed by atoms with E-state index in [2.05, 4.69) is 16.4 Å². The number of carbonyl (C=O) groups is 1. The predicted octanol–water partition coefficient (Wildman–Crippen LogP) is 3.61. The van der Waals surface area contributed by atoms with E-state index >= 15 is 0 Å². The summed E-state index contributed by atoms with van der Waals surface area (Å²) in [7, 11) is 0. The van der Waals surface area contributed by atoms with Gasteiger partial charge in [-0.1, -0.05) is 48.5 Å². The Kier molecular flexibility index (Phi) is 3.75. The van der Waals surface area contributed by atoms with Crippen molar-refractivity contribution in [3.05, 3.63) is 72.2 Å². The van der Waals surface area contributed by atoms with Crippen LogP contribution in [-0.4, -0.2) is 17.6 Å². The molecular formula is C19H17N3O2. The molecule has 24 heavy (non-hydrogen) atoms. The molecule has 0 fully saturated rings. The Morgan fingerprint density at radius 1 is 1.12 bits per heavy atom. The first kappa shape index (κ1) is 14.5. The third-order valence-corrected chi connectivity index (χ3v) is 4.14. The minimum atomic E-state index is -0.126. The first-order valence-electron chi connectivity index (χ1n) is 7.94. The van der Waals surface area contributed by atoms with E-state index in [1.165, 1.54) is 5.56 Å². The van der Waals surface area contributed by atoms with Gasteiger partial charge in [-0.2, -0.15) is 0 Å². The van der Waals surface area contributed by atoms with Gasteiger partial charge in [0.2, 0.25) is 5.89 Å². The number of anilines is 1. The molecule has 0 saturated carbocycles. The van der Waals surface area contributed by atoms with Crippen LogP contribution in [0.15, 0.2) is 65.2 Å². The molecule has 0 atom stereocenters. The number of para-hydroxylation sites is 1. The number of aromatic nitrogens is 1. The fourth-order valence-corrected chi connectivity index (χ4v) is 2.92. The van der Waals surface area contributed by atoms with Crippen LogP contribution in [0.25, 0.3) is 11.3 Å². The summed E-state index contributed by atoms with van der Waals surface area (Å²) in [6.45, 7) is 0.969. The smallest absolute Gasteiger partial charge is 0.322 e. The number of nitrogens with zero attached hydrogens (tertiary/aromatic N) is 2. The Labute approximate surface area is 139 Å². The van der Waals surface area contributed by atoms with Crippen molar-refractivity contribution in [1.29, 1.82) is 0 Å². The third-order valence-electron chi connectivity index (χ3n) is 4.14. The maximum Gasteiger partial charge on any atom is 0.322 e. The minimum Gasteiger partial charge on any atom is -0.439 e. The van der Waals surface area contributed by atoms with E-state index in [0.29, 0.717) is 18.2 Å². The minimum absolute atomic E-state index is 0.126. The van der Waals surface area contributed by atoms with Crippen LogP contribution in [0.1, 0.15) is 11.5 Å². The molecule has 1 aromatic heterocycles. The molecule has 0 radical (unpaired) electrons. The lowest BCUT2D eigenvalue weighted by atomic mass is 10.2.